The fourth-order valence-corrected chi connectivity index (χ4v) is 3.96. The summed E-state index contributed by atoms with van der Waals surface area (Å²) < 4.78 is 11.1. The summed E-state index contributed by atoms with van der Waals surface area (Å²) in [6, 6.07) is 5.64. The monoisotopic (exact) mass is 388 g/mol. The number of ether oxygens (including phenoxy) is 2. The Morgan fingerprint density at radius 2 is 2.11 bits per heavy atom. The third-order valence-electron chi connectivity index (χ3n) is 4.26. The van der Waals surface area contributed by atoms with Crippen molar-refractivity contribution in [1.82, 2.24) is 4.98 Å². The van der Waals surface area contributed by atoms with E-state index in [0.717, 1.165) is 21.1 Å². The Morgan fingerprint density at radius 1 is 1.37 bits per heavy atom. The van der Waals surface area contributed by atoms with Crippen LogP contribution in [0.3, 0.4) is 0 Å². The molecule has 1 atom stereocenters. The molecule has 1 aliphatic rings. The zero-order chi connectivity index (χ0) is 19.7. The SMILES string of the molecule is CCC1Oc2ccc(-c3nc(C)sc3C)cc2N(CC(=O)OC(C)C)C1=O. The van der Waals surface area contributed by atoms with E-state index < -0.39 is 12.1 Å². The van der Waals surface area contributed by atoms with Gasteiger partial charge in [0.2, 0.25) is 0 Å². The minimum absolute atomic E-state index is 0.137. The molecule has 1 unspecified atom stereocenters. The number of rotatable bonds is 5. The standard InChI is InChI=1S/C20H24N2O4S/c1-6-16-20(24)22(10-18(23)25-11(2)3)15-9-14(7-8-17(15)26-16)19-12(4)27-13(5)21-19/h7-9,11,16H,6,10H2,1-5H3. The first-order chi connectivity index (χ1) is 12.8. The molecule has 0 saturated heterocycles. The maximum atomic E-state index is 12.8. The highest BCUT2D eigenvalue weighted by Gasteiger charge is 2.35. The van der Waals surface area contributed by atoms with Crippen LogP contribution in [0.5, 0.6) is 5.75 Å². The fraction of sp³-hybridized carbons (Fsp3) is 0.450. The molecule has 1 aliphatic heterocycles. The van der Waals surface area contributed by atoms with E-state index in [9.17, 15) is 9.59 Å². The van der Waals surface area contributed by atoms with Gasteiger partial charge in [0.15, 0.2) is 6.10 Å². The Morgan fingerprint density at radius 3 is 2.70 bits per heavy atom. The van der Waals surface area contributed by atoms with Gasteiger partial charge in [-0.1, -0.05) is 6.92 Å². The first-order valence-electron chi connectivity index (χ1n) is 9.06. The van der Waals surface area contributed by atoms with Crippen molar-refractivity contribution in [2.75, 3.05) is 11.4 Å². The molecule has 1 amide bonds. The highest BCUT2D eigenvalue weighted by atomic mass is 32.1. The third-order valence-corrected chi connectivity index (χ3v) is 5.15. The van der Waals surface area contributed by atoms with Crippen LogP contribution >= 0.6 is 11.3 Å². The van der Waals surface area contributed by atoms with Gasteiger partial charge in [0.25, 0.3) is 5.91 Å². The van der Waals surface area contributed by atoms with Gasteiger partial charge in [-0.05, 0) is 52.3 Å². The van der Waals surface area contributed by atoms with Gasteiger partial charge in [0.05, 0.1) is 22.5 Å². The minimum Gasteiger partial charge on any atom is -0.478 e. The van der Waals surface area contributed by atoms with Crippen LogP contribution in [0.25, 0.3) is 11.3 Å². The molecule has 0 N–H and O–H groups in total. The second-order valence-electron chi connectivity index (χ2n) is 6.80. The van der Waals surface area contributed by atoms with Crippen molar-refractivity contribution in [2.24, 2.45) is 0 Å². The molecule has 0 radical (unpaired) electrons. The van der Waals surface area contributed by atoms with Crippen LogP contribution in [0, 0.1) is 13.8 Å². The van der Waals surface area contributed by atoms with Crippen molar-refractivity contribution in [1.29, 1.82) is 0 Å². The van der Waals surface area contributed by atoms with Gasteiger partial charge in [-0.2, -0.15) is 0 Å². The predicted molar refractivity (Wildman–Crippen MR) is 105 cm³/mol. The van der Waals surface area contributed by atoms with Gasteiger partial charge in [0, 0.05) is 10.4 Å². The highest BCUT2D eigenvalue weighted by molar-refractivity contribution is 7.11. The summed E-state index contributed by atoms with van der Waals surface area (Å²) in [5.41, 5.74) is 2.35. The van der Waals surface area contributed by atoms with Crippen LogP contribution in [0.1, 0.15) is 37.1 Å². The molecule has 0 spiro atoms. The zero-order valence-electron chi connectivity index (χ0n) is 16.2. The Labute approximate surface area is 163 Å². The molecule has 7 heteroatoms. The van der Waals surface area contributed by atoms with Crippen molar-refractivity contribution in [3.63, 3.8) is 0 Å². The van der Waals surface area contributed by atoms with E-state index >= 15 is 0 Å². The number of esters is 1. The number of fused-ring (bicyclic) bond motifs is 1. The maximum absolute atomic E-state index is 12.8. The summed E-state index contributed by atoms with van der Waals surface area (Å²) in [6.45, 7) is 9.30. The quantitative estimate of drug-likeness (QED) is 0.727. The smallest absolute Gasteiger partial charge is 0.326 e. The van der Waals surface area contributed by atoms with Crippen LogP contribution in [-0.2, 0) is 14.3 Å². The Kier molecular flexibility index (Phi) is 5.51. The Hall–Kier alpha value is -2.41. The van der Waals surface area contributed by atoms with Gasteiger partial charge < -0.3 is 9.47 Å². The first-order valence-corrected chi connectivity index (χ1v) is 9.87. The summed E-state index contributed by atoms with van der Waals surface area (Å²) in [4.78, 5) is 32.2. The number of carbonyl (C=O) groups excluding carboxylic acids is 2. The average molecular weight is 388 g/mol. The predicted octanol–water partition coefficient (Wildman–Crippen LogP) is 3.88. The number of hydrogen-bond donors (Lipinski definition) is 0. The molecule has 1 aromatic heterocycles. The molecular weight excluding hydrogens is 364 g/mol. The van der Waals surface area contributed by atoms with Crippen molar-refractivity contribution in [3.8, 4) is 17.0 Å². The normalized spacial score (nSPS) is 16.3. The molecule has 3 rings (SSSR count). The van der Waals surface area contributed by atoms with Gasteiger partial charge in [-0.3, -0.25) is 14.5 Å². The highest BCUT2D eigenvalue weighted by Crippen LogP contribution is 2.39. The lowest BCUT2D eigenvalue weighted by Crippen LogP contribution is -2.48. The number of aryl methyl sites for hydroxylation is 2. The van der Waals surface area contributed by atoms with E-state index in [0.29, 0.717) is 17.9 Å². The summed E-state index contributed by atoms with van der Waals surface area (Å²) >= 11 is 1.63. The number of amides is 1. The number of nitrogens with zero attached hydrogens (tertiary/aromatic N) is 2. The van der Waals surface area contributed by atoms with E-state index in [1.807, 2.05) is 39.0 Å². The lowest BCUT2D eigenvalue weighted by atomic mass is 10.1. The summed E-state index contributed by atoms with van der Waals surface area (Å²) in [5.74, 6) is -0.0756. The van der Waals surface area contributed by atoms with Crippen molar-refractivity contribution in [3.05, 3.63) is 28.1 Å². The van der Waals surface area contributed by atoms with E-state index in [1.54, 1.807) is 25.2 Å². The lowest BCUT2D eigenvalue weighted by Gasteiger charge is -2.33. The second kappa shape index (κ2) is 7.68. The van der Waals surface area contributed by atoms with Crippen LogP contribution in [0.15, 0.2) is 18.2 Å². The minimum atomic E-state index is -0.599. The molecule has 0 saturated carbocycles. The Bertz CT molecular complexity index is 875. The van der Waals surface area contributed by atoms with E-state index in [1.165, 1.54) is 4.90 Å². The zero-order valence-corrected chi connectivity index (χ0v) is 17.1. The molecule has 27 heavy (non-hydrogen) atoms. The number of hydrogen-bond acceptors (Lipinski definition) is 6. The first kappa shape index (κ1) is 19.4. The van der Waals surface area contributed by atoms with Crippen LogP contribution < -0.4 is 9.64 Å². The Balaban J connectivity index is 2.01. The number of carbonyl (C=O) groups is 2. The molecule has 1 aromatic carbocycles. The van der Waals surface area contributed by atoms with Crippen molar-refractivity contribution >= 4 is 28.9 Å². The largest absolute Gasteiger partial charge is 0.478 e. The van der Waals surface area contributed by atoms with E-state index in [2.05, 4.69) is 4.98 Å². The number of aromatic nitrogens is 1. The number of anilines is 1. The summed E-state index contributed by atoms with van der Waals surface area (Å²) in [7, 11) is 0. The topological polar surface area (TPSA) is 68.7 Å². The third kappa shape index (κ3) is 3.98. The van der Waals surface area contributed by atoms with E-state index in [4.69, 9.17) is 9.47 Å². The lowest BCUT2D eigenvalue weighted by molar-refractivity contribution is -0.147. The molecule has 2 aromatic rings. The van der Waals surface area contributed by atoms with Crippen LogP contribution in [-0.4, -0.2) is 35.6 Å². The number of thiazole rings is 1. The molecule has 0 fully saturated rings. The number of benzene rings is 1. The van der Waals surface area contributed by atoms with Gasteiger partial charge in [0.1, 0.15) is 12.3 Å². The van der Waals surface area contributed by atoms with Crippen LogP contribution in [0.2, 0.25) is 0 Å². The molecule has 0 aliphatic carbocycles. The van der Waals surface area contributed by atoms with Gasteiger partial charge in [-0.25, -0.2) is 4.98 Å². The molecule has 2 heterocycles. The molecule has 0 bridgehead atoms. The fourth-order valence-electron chi connectivity index (χ4n) is 3.12. The average Bonchev–Trinajstić information content (AvgIpc) is 2.94. The summed E-state index contributed by atoms with van der Waals surface area (Å²) in [5, 5.41) is 0.982. The van der Waals surface area contributed by atoms with E-state index in [-0.39, 0.29) is 18.6 Å². The molecule has 144 valence electrons. The van der Waals surface area contributed by atoms with Crippen molar-refractivity contribution < 1.29 is 19.1 Å². The molecule has 6 nitrogen and oxygen atoms in total. The van der Waals surface area contributed by atoms with Crippen molar-refractivity contribution in [2.45, 2.75) is 53.2 Å². The summed E-state index contributed by atoms with van der Waals surface area (Å²) in [6.07, 6.45) is -0.305. The second-order valence-corrected chi connectivity index (χ2v) is 8.21. The van der Waals surface area contributed by atoms with Crippen LogP contribution in [0.4, 0.5) is 5.69 Å². The van der Waals surface area contributed by atoms with Gasteiger partial charge >= 0.3 is 5.97 Å². The molecular formula is C20H24N2O4S. The maximum Gasteiger partial charge on any atom is 0.326 e. The van der Waals surface area contributed by atoms with Gasteiger partial charge in [-0.15, -0.1) is 11.3 Å².